The summed E-state index contributed by atoms with van der Waals surface area (Å²) in [7, 11) is 0. The summed E-state index contributed by atoms with van der Waals surface area (Å²) < 4.78 is 0. The summed E-state index contributed by atoms with van der Waals surface area (Å²) in [6, 6.07) is 21.1. The van der Waals surface area contributed by atoms with E-state index in [4.69, 9.17) is 17.3 Å². The topological polar surface area (TPSA) is 61.4 Å². The predicted molar refractivity (Wildman–Crippen MR) is 104 cm³/mol. The summed E-state index contributed by atoms with van der Waals surface area (Å²) in [5.41, 5.74) is 2.46. The Hall–Kier alpha value is -2.76. The molecule has 0 fully saturated rings. The van der Waals surface area contributed by atoms with Crippen LogP contribution >= 0.6 is 12.2 Å². The van der Waals surface area contributed by atoms with Crippen LogP contribution in [-0.2, 0) is 17.8 Å². The Morgan fingerprint density at radius 3 is 2.60 bits per heavy atom. The van der Waals surface area contributed by atoms with Crippen LogP contribution in [0.5, 0.6) is 0 Å². The van der Waals surface area contributed by atoms with Crippen LogP contribution in [0.3, 0.4) is 0 Å². The number of carbonyl (C=O) groups excluding carboxylic acids is 1. The fourth-order valence-corrected chi connectivity index (χ4v) is 2.93. The van der Waals surface area contributed by atoms with Crippen LogP contribution in [0.1, 0.15) is 11.1 Å². The first-order valence-electron chi connectivity index (χ1n) is 7.93. The number of hydrogen-bond donors (Lipinski definition) is 3. The molecule has 0 aliphatic rings. The summed E-state index contributed by atoms with van der Waals surface area (Å²) >= 11 is 5.20. The summed E-state index contributed by atoms with van der Waals surface area (Å²) in [5.74, 6) is -0.174. The van der Waals surface area contributed by atoms with E-state index in [1.807, 2.05) is 60.7 Å². The quantitative estimate of drug-likeness (QED) is 0.631. The van der Waals surface area contributed by atoms with Crippen molar-refractivity contribution >= 4 is 39.7 Å². The molecule has 5 heteroatoms. The minimum absolute atomic E-state index is 0.0459. The molecule has 3 N–H and O–H groups in total. The first kappa shape index (κ1) is 17.1. The molecule has 0 heterocycles. The van der Waals surface area contributed by atoms with Crippen molar-refractivity contribution in [2.45, 2.75) is 13.0 Å². The highest BCUT2D eigenvalue weighted by atomic mass is 32.1. The number of carbonyl (C=O) groups is 1. The highest BCUT2D eigenvalue weighted by molar-refractivity contribution is 7.80. The van der Waals surface area contributed by atoms with Crippen molar-refractivity contribution in [3.8, 4) is 0 Å². The third-order valence-corrected chi connectivity index (χ3v) is 4.06. The maximum absolute atomic E-state index is 12.3. The Morgan fingerprint density at radius 2 is 1.76 bits per heavy atom. The summed E-state index contributed by atoms with van der Waals surface area (Å²) in [4.78, 5) is 12.3. The van der Waals surface area contributed by atoms with Crippen LogP contribution in [0.25, 0.3) is 10.8 Å². The van der Waals surface area contributed by atoms with Crippen molar-refractivity contribution in [1.82, 2.24) is 5.32 Å². The number of fused-ring (bicyclic) bond motifs is 1. The van der Waals surface area contributed by atoms with Crippen LogP contribution < -0.4 is 10.6 Å². The molecule has 3 aromatic carbocycles. The van der Waals surface area contributed by atoms with Gasteiger partial charge in [-0.15, -0.1) is 0 Å². The van der Waals surface area contributed by atoms with Gasteiger partial charge >= 0.3 is 0 Å². The molecule has 0 radical (unpaired) electrons. The standard InChI is InChI=1S/C20H18N2O2S/c23-13-14-5-3-9-17(11-14)21-20(25)22-19(24)12-16-8-4-7-15-6-1-2-10-18(15)16/h1-11,23H,12-13H2,(H2,21,22,24,25). The van der Waals surface area contributed by atoms with Crippen LogP contribution in [0.15, 0.2) is 66.7 Å². The average Bonchev–Trinajstić information content (AvgIpc) is 2.62. The van der Waals surface area contributed by atoms with Crippen molar-refractivity contribution in [1.29, 1.82) is 0 Å². The number of amides is 1. The SMILES string of the molecule is O=C(Cc1cccc2ccccc12)NC(=S)Nc1cccc(CO)c1. The number of aliphatic hydroxyl groups is 1. The number of nitrogens with one attached hydrogen (secondary N) is 2. The van der Waals surface area contributed by atoms with Crippen molar-refractivity contribution in [2.24, 2.45) is 0 Å². The summed E-state index contributed by atoms with van der Waals surface area (Å²) in [5, 5.41) is 17.2. The van der Waals surface area contributed by atoms with Crippen LogP contribution in [0.2, 0.25) is 0 Å². The second kappa shape index (κ2) is 7.88. The zero-order valence-corrected chi connectivity index (χ0v) is 14.3. The molecule has 3 rings (SSSR count). The lowest BCUT2D eigenvalue weighted by Gasteiger charge is -2.11. The molecule has 0 saturated heterocycles. The first-order chi connectivity index (χ1) is 12.2. The van der Waals surface area contributed by atoms with Gasteiger partial charge < -0.3 is 15.7 Å². The average molecular weight is 350 g/mol. The zero-order valence-electron chi connectivity index (χ0n) is 13.5. The third-order valence-electron chi connectivity index (χ3n) is 3.85. The molecule has 0 saturated carbocycles. The number of hydrogen-bond acceptors (Lipinski definition) is 3. The van der Waals surface area contributed by atoms with Gasteiger partial charge in [0.25, 0.3) is 0 Å². The fraction of sp³-hybridized carbons (Fsp3) is 0.100. The second-order valence-corrected chi connectivity index (χ2v) is 6.08. The molecule has 0 spiro atoms. The number of anilines is 1. The lowest BCUT2D eigenvalue weighted by Crippen LogP contribution is -2.35. The van der Waals surface area contributed by atoms with E-state index in [0.717, 1.165) is 27.6 Å². The molecule has 4 nitrogen and oxygen atoms in total. The third kappa shape index (κ3) is 4.41. The molecule has 0 atom stereocenters. The van der Waals surface area contributed by atoms with Gasteiger partial charge in [0.05, 0.1) is 13.0 Å². The van der Waals surface area contributed by atoms with Gasteiger partial charge in [-0.3, -0.25) is 4.79 Å². The minimum Gasteiger partial charge on any atom is -0.392 e. The minimum atomic E-state index is -0.174. The Morgan fingerprint density at radius 1 is 1.00 bits per heavy atom. The molecule has 126 valence electrons. The van der Waals surface area contributed by atoms with Gasteiger partial charge in [-0.25, -0.2) is 0 Å². The highest BCUT2D eigenvalue weighted by Gasteiger charge is 2.09. The van der Waals surface area contributed by atoms with E-state index in [0.29, 0.717) is 0 Å². The molecule has 0 bridgehead atoms. The van der Waals surface area contributed by atoms with Crippen LogP contribution in [0.4, 0.5) is 5.69 Å². The Bertz CT molecular complexity index is 919. The monoisotopic (exact) mass is 350 g/mol. The van der Waals surface area contributed by atoms with Gasteiger partial charge in [0.2, 0.25) is 5.91 Å². The lowest BCUT2D eigenvalue weighted by molar-refractivity contribution is -0.119. The smallest absolute Gasteiger partial charge is 0.230 e. The Balaban J connectivity index is 1.64. The molecular formula is C20H18N2O2S. The largest absolute Gasteiger partial charge is 0.392 e. The molecule has 0 unspecified atom stereocenters. The number of benzene rings is 3. The maximum Gasteiger partial charge on any atom is 0.230 e. The molecule has 0 aromatic heterocycles. The fourth-order valence-electron chi connectivity index (χ4n) is 2.70. The van der Waals surface area contributed by atoms with Crippen LogP contribution in [-0.4, -0.2) is 16.1 Å². The van der Waals surface area contributed by atoms with Gasteiger partial charge in [-0.1, -0.05) is 54.6 Å². The van der Waals surface area contributed by atoms with Crippen molar-refractivity contribution in [3.63, 3.8) is 0 Å². The van der Waals surface area contributed by atoms with Gasteiger partial charge in [0.1, 0.15) is 0 Å². The molecule has 0 aliphatic carbocycles. The second-order valence-electron chi connectivity index (χ2n) is 5.68. The van der Waals surface area contributed by atoms with Crippen molar-refractivity contribution < 1.29 is 9.90 Å². The highest BCUT2D eigenvalue weighted by Crippen LogP contribution is 2.18. The zero-order chi connectivity index (χ0) is 17.6. The van der Waals surface area contributed by atoms with Crippen molar-refractivity contribution in [2.75, 3.05) is 5.32 Å². The van der Waals surface area contributed by atoms with E-state index in [1.54, 1.807) is 6.07 Å². The van der Waals surface area contributed by atoms with Gasteiger partial charge in [0.15, 0.2) is 5.11 Å². The molecule has 3 aromatic rings. The summed E-state index contributed by atoms with van der Waals surface area (Å²) in [6.45, 7) is -0.0459. The lowest BCUT2D eigenvalue weighted by atomic mass is 10.0. The normalized spacial score (nSPS) is 10.4. The summed E-state index contributed by atoms with van der Waals surface area (Å²) in [6.07, 6.45) is 0.250. The number of thiocarbonyl (C=S) groups is 1. The van der Waals surface area contributed by atoms with E-state index < -0.39 is 0 Å². The number of rotatable bonds is 4. The van der Waals surface area contributed by atoms with Gasteiger partial charge in [-0.05, 0) is 46.2 Å². The van der Waals surface area contributed by atoms with E-state index in [1.165, 1.54) is 0 Å². The van der Waals surface area contributed by atoms with E-state index in [-0.39, 0.29) is 24.0 Å². The van der Waals surface area contributed by atoms with E-state index >= 15 is 0 Å². The Labute approximate surface area is 151 Å². The number of aliphatic hydroxyl groups excluding tert-OH is 1. The van der Waals surface area contributed by atoms with Gasteiger partial charge in [-0.2, -0.15) is 0 Å². The van der Waals surface area contributed by atoms with E-state index in [2.05, 4.69) is 10.6 Å². The van der Waals surface area contributed by atoms with Gasteiger partial charge in [0, 0.05) is 5.69 Å². The molecule has 25 heavy (non-hydrogen) atoms. The molecular weight excluding hydrogens is 332 g/mol. The van der Waals surface area contributed by atoms with E-state index in [9.17, 15) is 4.79 Å². The first-order valence-corrected chi connectivity index (χ1v) is 8.34. The molecule has 0 aliphatic heterocycles. The predicted octanol–water partition coefficient (Wildman–Crippen LogP) is 3.39. The molecule has 1 amide bonds. The van der Waals surface area contributed by atoms with Crippen LogP contribution in [0, 0.1) is 0 Å². The Kier molecular flexibility index (Phi) is 5.38. The maximum atomic E-state index is 12.3. The van der Waals surface area contributed by atoms with Crippen molar-refractivity contribution in [3.05, 3.63) is 77.9 Å².